The number of methoxy groups -OCH3 is 1. The molecule has 2 aromatic carbocycles. The standard InChI is InChI=1S/C21H26N2O5S/c1-6-13-28-18-10-8-17(9-11-18)22-21(24)16(3)23(29(5,25)26)19-14-15(2)7-12-20(19)27-4/h6-12,14,16H,1,13H2,2-5H3,(H,22,24)/t16-/m1/s1. The Morgan fingerprint density at radius 1 is 1.24 bits per heavy atom. The number of aryl methyl sites for hydroxylation is 1. The van der Waals surface area contributed by atoms with Crippen molar-refractivity contribution in [3.8, 4) is 11.5 Å². The molecule has 0 saturated heterocycles. The maximum absolute atomic E-state index is 12.8. The van der Waals surface area contributed by atoms with Gasteiger partial charge in [-0.3, -0.25) is 9.10 Å². The molecular weight excluding hydrogens is 392 g/mol. The molecule has 0 aromatic heterocycles. The summed E-state index contributed by atoms with van der Waals surface area (Å²) in [5.74, 6) is 0.529. The minimum Gasteiger partial charge on any atom is -0.495 e. The van der Waals surface area contributed by atoms with Crippen molar-refractivity contribution in [2.75, 3.05) is 29.6 Å². The van der Waals surface area contributed by atoms with Gasteiger partial charge in [-0.05, 0) is 55.8 Å². The van der Waals surface area contributed by atoms with Crippen molar-refractivity contribution in [1.29, 1.82) is 0 Å². The number of hydrogen-bond acceptors (Lipinski definition) is 5. The third-order valence-corrected chi connectivity index (χ3v) is 5.38. The van der Waals surface area contributed by atoms with Crippen LogP contribution in [0.4, 0.5) is 11.4 Å². The summed E-state index contributed by atoms with van der Waals surface area (Å²) in [5, 5.41) is 2.74. The molecule has 1 N–H and O–H groups in total. The Hall–Kier alpha value is -3.00. The Kier molecular flexibility index (Phi) is 7.28. The largest absolute Gasteiger partial charge is 0.495 e. The van der Waals surface area contributed by atoms with E-state index in [0.29, 0.717) is 29.5 Å². The zero-order valence-electron chi connectivity index (χ0n) is 17.0. The molecule has 0 aliphatic carbocycles. The van der Waals surface area contributed by atoms with Crippen molar-refractivity contribution in [1.82, 2.24) is 0 Å². The molecule has 1 amide bonds. The Labute approximate surface area is 172 Å². The second-order valence-corrected chi connectivity index (χ2v) is 8.38. The maximum Gasteiger partial charge on any atom is 0.247 e. The van der Waals surface area contributed by atoms with E-state index in [-0.39, 0.29) is 0 Å². The minimum atomic E-state index is -3.76. The fraction of sp³-hybridized carbons (Fsp3) is 0.286. The van der Waals surface area contributed by atoms with E-state index in [1.54, 1.807) is 42.5 Å². The molecule has 0 aliphatic heterocycles. The number of sulfonamides is 1. The van der Waals surface area contributed by atoms with E-state index in [4.69, 9.17) is 9.47 Å². The third kappa shape index (κ3) is 5.74. The van der Waals surface area contributed by atoms with E-state index in [1.807, 2.05) is 13.0 Å². The highest BCUT2D eigenvalue weighted by atomic mass is 32.2. The normalized spacial score (nSPS) is 12.0. The first kappa shape index (κ1) is 22.3. The Morgan fingerprint density at radius 2 is 1.90 bits per heavy atom. The van der Waals surface area contributed by atoms with Gasteiger partial charge in [-0.1, -0.05) is 18.7 Å². The number of anilines is 2. The number of nitrogens with one attached hydrogen (secondary N) is 1. The summed E-state index contributed by atoms with van der Waals surface area (Å²) < 4.78 is 36.8. The first-order chi connectivity index (χ1) is 13.7. The molecular formula is C21H26N2O5S. The van der Waals surface area contributed by atoms with E-state index in [9.17, 15) is 13.2 Å². The van der Waals surface area contributed by atoms with Crippen LogP contribution in [0.1, 0.15) is 12.5 Å². The first-order valence-corrected chi connectivity index (χ1v) is 10.8. The predicted molar refractivity (Wildman–Crippen MR) is 115 cm³/mol. The summed E-state index contributed by atoms with van der Waals surface area (Å²) in [5.41, 5.74) is 1.68. The molecule has 0 radical (unpaired) electrons. The lowest BCUT2D eigenvalue weighted by atomic mass is 10.2. The van der Waals surface area contributed by atoms with Crippen LogP contribution in [0, 0.1) is 6.92 Å². The van der Waals surface area contributed by atoms with Gasteiger partial charge in [-0.2, -0.15) is 0 Å². The van der Waals surface area contributed by atoms with Crippen molar-refractivity contribution < 1.29 is 22.7 Å². The van der Waals surface area contributed by atoms with Gasteiger partial charge in [0.05, 0.1) is 19.1 Å². The fourth-order valence-corrected chi connectivity index (χ4v) is 3.96. The molecule has 7 nitrogen and oxygen atoms in total. The van der Waals surface area contributed by atoms with Gasteiger partial charge in [0.15, 0.2) is 0 Å². The number of hydrogen-bond donors (Lipinski definition) is 1. The molecule has 2 rings (SSSR count). The molecule has 156 valence electrons. The number of carbonyl (C=O) groups is 1. The highest BCUT2D eigenvalue weighted by molar-refractivity contribution is 7.92. The van der Waals surface area contributed by atoms with E-state index >= 15 is 0 Å². The monoisotopic (exact) mass is 418 g/mol. The Bertz CT molecular complexity index is 971. The van der Waals surface area contributed by atoms with Crippen molar-refractivity contribution in [3.05, 3.63) is 60.7 Å². The van der Waals surface area contributed by atoms with Crippen molar-refractivity contribution in [3.63, 3.8) is 0 Å². The summed E-state index contributed by atoms with van der Waals surface area (Å²) >= 11 is 0. The van der Waals surface area contributed by atoms with Crippen molar-refractivity contribution >= 4 is 27.3 Å². The van der Waals surface area contributed by atoms with Gasteiger partial charge in [-0.25, -0.2) is 8.42 Å². The SMILES string of the molecule is C=CCOc1ccc(NC(=O)[C@@H](C)N(c2cc(C)ccc2OC)S(C)(=O)=O)cc1. The molecule has 2 aromatic rings. The minimum absolute atomic E-state index is 0.311. The van der Waals surface area contributed by atoms with E-state index < -0.39 is 22.0 Å². The van der Waals surface area contributed by atoms with Crippen LogP contribution >= 0.6 is 0 Å². The maximum atomic E-state index is 12.8. The summed E-state index contributed by atoms with van der Waals surface area (Å²) in [4.78, 5) is 12.8. The van der Waals surface area contributed by atoms with Crippen LogP contribution in [0.25, 0.3) is 0 Å². The molecule has 29 heavy (non-hydrogen) atoms. The van der Waals surface area contributed by atoms with E-state index in [1.165, 1.54) is 14.0 Å². The lowest BCUT2D eigenvalue weighted by Crippen LogP contribution is -2.45. The van der Waals surface area contributed by atoms with Gasteiger partial charge < -0.3 is 14.8 Å². The predicted octanol–water partition coefficient (Wildman–Crippen LogP) is 3.36. The van der Waals surface area contributed by atoms with E-state index in [2.05, 4.69) is 11.9 Å². The van der Waals surface area contributed by atoms with Crippen LogP contribution in [0.2, 0.25) is 0 Å². The number of ether oxygens (including phenoxy) is 2. The van der Waals surface area contributed by atoms with Crippen molar-refractivity contribution in [2.45, 2.75) is 19.9 Å². The number of benzene rings is 2. The summed E-state index contributed by atoms with van der Waals surface area (Å²) in [6.07, 6.45) is 2.70. The second-order valence-electron chi connectivity index (χ2n) is 6.52. The molecule has 0 saturated carbocycles. The lowest BCUT2D eigenvalue weighted by molar-refractivity contribution is -0.116. The lowest BCUT2D eigenvalue weighted by Gasteiger charge is -2.29. The molecule has 0 heterocycles. The van der Waals surface area contributed by atoms with Crippen LogP contribution in [0.5, 0.6) is 11.5 Å². The topological polar surface area (TPSA) is 84.9 Å². The highest BCUT2D eigenvalue weighted by Crippen LogP contribution is 2.33. The number of nitrogens with zero attached hydrogens (tertiary/aromatic N) is 1. The van der Waals surface area contributed by atoms with Crippen LogP contribution in [-0.4, -0.2) is 40.3 Å². The van der Waals surface area contributed by atoms with Gasteiger partial charge in [0.25, 0.3) is 0 Å². The van der Waals surface area contributed by atoms with E-state index in [0.717, 1.165) is 16.1 Å². The molecule has 0 aliphatic rings. The zero-order valence-corrected chi connectivity index (χ0v) is 17.8. The average Bonchev–Trinajstić information content (AvgIpc) is 2.66. The van der Waals surface area contributed by atoms with Gasteiger partial charge in [0, 0.05) is 5.69 Å². The van der Waals surface area contributed by atoms with Crippen LogP contribution in [-0.2, 0) is 14.8 Å². The number of amides is 1. The number of rotatable bonds is 9. The molecule has 0 unspecified atom stereocenters. The molecule has 0 spiro atoms. The Balaban J connectivity index is 2.28. The van der Waals surface area contributed by atoms with Crippen LogP contribution in [0.15, 0.2) is 55.1 Å². The highest BCUT2D eigenvalue weighted by Gasteiger charge is 2.31. The van der Waals surface area contributed by atoms with Gasteiger partial charge >= 0.3 is 0 Å². The summed E-state index contributed by atoms with van der Waals surface area (Å²) in [6, 6.07) is 10.9. The van der Waals surface area contributed by atoms with Crippen LogP contribution in [0.3, 0.4) is 0 Å². The smallest absolute Gasteiger partial charge is 0.247 e. The van der Waals surface area contributed by atoms with Gasteiger partial charge in [0.1, 0.15) is 24.1 Å². The van der Waals surface area contributed by atoms with Crippen LogP contribution < -0.4 is 19.1 Å². The second kappa shape index (κ2) is 9.47. The summed E-state index contributed by atoms with van der Waals surface area (Å²) in [7, 11) is -2.30. The van der Waals surface area contributed by atoms with Gasteiger partial charge in [0.2, 0.25) is 15.9 Å². The average molecular weight is 419 g/mol. The molecule has 1 atom stereocenters. The Morgan fingerprint density at radius 3 is 2.45 bits per heavy atom. The fourth-order valence-electron chi connectivity index (χ4n) is 2.79. The first-order valence-electron chi connectivity index (χ1n) is 8.96. The quantitative estimate of drug-likeness (QED) is 0.631. The van der Waals surface area contributed by atoms with Crippen molar-refractivity contribution in [2.24, 2.45) is 0 Å². The molecule has 0 fully saturated rings. The third-order valence-electron chi connectivity index (χ3n) is 4.15. The molecule has 0 bridgehead atoms. The summed E-state index contributed by atoms with van der Waals surface area (Å²) in [6.45, 7) is 7.33. The van der Waals surface area contributed by atoms with Gasteiger partial charge in [-0.15, -0.1) is 0 Å². The zero-order chi connectivity index (χ0) is 21.6. The number of carbonyl (C=O) groups excluding carboxylic acids is 1. The molecule has 8 heteroatoms.